The summed E-state index contributed by atoms with van der Waals surface area (Å²) in [5.74, 6) is -1.30. The monoisotopic (exact) mass is 533 g/mol. The number of halogens is 1. The van der Waals surface area contributed by atoms with E-state index >= 15 is 0 Å². The van der Waals surface area contributed by atoms with Crippen LogP contribution in [0.25, 0.3) is 0 Å². The van der Waals surface area contributed by atoms with Crippen molar-refractivity contribution in [1.82, 2.24) is 25.2 Å². The van der Waals surface area contributed by atoms with E-state index in [9.17, 15) is 27.5 Å². The molecule has 4 atom stereocenters. The maximum absolute atomic E-state index is 14.0. The van der Waals surface area contributed by atoms with Crippen LogP contribution in [0.3, 0.4) is 0 Å². The molecule has 2 aliphatic heterocycles. The Hall–Kier alpha value is -2.86. The zero-order valence-corrected chi connectivity index (χ0v) is 21.9. The first-order valence-electron chi connectivity index (χ1n) is 12.6. The van der Waals surface area contributed by atoms with Crippen molar-refractivity contribution in [2.24, 2.45) is 5.41 Å². The normalized spacial score (nSPS) is 26.0. The lowest BCUT2D eigenvalue weighted by molar-refractivity contribution is -0.144. The Morgan fingerprint density at radius 2 is 1.95 bits per heavy atom. The Kier molecular flexibility index (Phi) is 6.38. The molecule has 1 aliphatic carbocycles. The molecule has 1 aromatic carbocycles. The number of benzene rings is 1. The summed E-state index contributed by atoms with van der Waals surface area (Å²) in [6, 6.07) is 0.986. The number of aliphatic hydroxyl groups is 1. The molecule has 1 unspecified atom stereocenters. The van der Waals surface area contributed by atoms with Crippen LogP contribution in [0.4, 0.5) is 4.39 Å². The molecule has 1 saturated heterocycles. The Bertz CT molecular complexity index is 1330. The third kappa shape index (κ3) is 5.00. The molecule has 5 rings (SSSR count). The second-order valence-corrected chi connectivity index (χ2v) is 13.5. The predicted octanol–water partition coefficient (Wildman–Crippen LogP) is 1.88. The number of hydrogen-bond donors (Lipinski definition) is 2. The molecule has 0 radical (unpaired) electrons. The summed E-state index contributed by atoms with van der Waals surface area (Å²) in [6.07, 6.45) is 3.11. The summed E-state index contributed by atoms with van der Waals surface area (Å²) >= 11 is 0. The smallest absolute Gasteiger partial charge is 0.248 e. The number of amides is 2. The van der Waals surface area contributed by atoms with Crippen LogP contribution in [0.1, 0.15) is 75.7 Å². The lowest BCUT2D eigenvalue weighted by Gasteiger charge is -2.35. The van der Waals surface area contributed by atoms with E-state index in [1.165, 1.54) is 11.0 Å². The summed E-state index contributed by atoms with van der Waals surface area (Å²) in [5.41, 5.74) is 0.476. The number of nitrogens with one attached hydrogen (secondary N) is 1. The topological polar surface area (TPSA) is 134 Å². The number of rotatable bonds is 5. The molecule has 12 heteroatoms. The van der Waals surface area contributed by atoms with E-state index in [4.69, 9.17) is 0 Å². The highest BCUT2D eigenvalue weighted by Gasteiger charge is 2.46. The van der Waals surface area contributed by atoms with E-state index in [-0.39, 0.29) is 41.5 Å². The van der Waals surface area contributed by atoms with Gasteiger partial charge in [0.2, 0.25) is 11.8 Å². The van der Waals surface area contributed by atoms with Crippen LogP contribution in [0, 0.1) is 11.2 Å². The first-order chi connectivity index (χ1) is 17.3. The minimum atomic E-state index is -3.58. The van der Waals surface area contributed by atoms with E-state index in [1.807, 2.05) is 20.8 Å². The molecule has 2 aromatic rings. The van der Waals surface area contributed by atoms with Gasteiger partial charge in [-0.05, 0) is 48.4 Å². The third-order valence-corrected chi connectivity index (χ3v) is 9.20. The summed E-state index contributed by atoms with van der Waals surface area (Å²) in [7, 11) is -3.58. The molecule has 10 nitrogen and oxygen atoms in total. The Morgan fingerprint density at radius 3 is 2.62 bits per heavy atom. The zero-order chi connectivity index (χ0) is 26.7. The maximum Gasteiger partial charge on any atom is 0.248 e. The number of likely N-dealkylation sites (tertiary alicyclic amines) is 1. The van der Waals surface area contributed by atoms with Crippen molar-refractivity contribution in [1.29, 1.82) is 0 Å². The van der Waals surface area contributed by atoms with E-state index in [0.29, 0.717) is 5.92 Å². The van der Waals surface area contributed by atoms with Crippen LogP contribution < -0.4 is 5.32 Å². The van der Waals surface area contributed by atoms with Crippen molar-refractivity contribution in [3.63, 3.8) is 0 Å². The van der Waals surface area contributed by atoms with Gasteiger partial charge < -0.3 is 15.3 Å². The molecule has 2 amide bonds. The second kappa shape index (κ2) is 9.16. The van der Waals surface area contributed by atoms with Gasteiger partial charge in [-0.15, -0.1) is 5.10 Å². The fraction of sp³-hybridized carbons (Fsp3) is 0.600. The second-order valence-electron chi connectivity index (χ2n) is 11.4. The number of carbonyl (C=O) groups excluding carboxylic acids is 2. The average molecular weight is 534 g/mol. The van der Waals surface area contributed by atoms with Crippen LogP contribution >= 0.6 is 0 Å². The van der Waals surface area contributed by atoms with Gasteiger partial charge in [0.05, 0.1) is 28.5 Å². The van der Waals surface area contributed by atoms with Gasteiger partial charge in [0.25, 0.3) is 0 Å². The molecule has 0 spiro atoms. The van der Waals surface area contributed by atoms with Crippen LogP contribution in [0.2, 0.25) is 0 Å². The van der Waals surface area contributed by atoms with E-state index < -0.39 is 51.2 Å². The minimum absolute atomic E-state index is 0.00437. The molecule has 0 bridgehead atoms. The first-order valence-corrected chi connectivity index (χ1v) is 14.2. The predicted molar refractivity (Wildman–Crippen MR) is 131 cm³/mol. The van der Waals surface area contributed by atoms with Gasteiger partial charge in [-0.1, -0.05) is 26.0 Å². The fourth-order valence-corrected chi connectivity index (χ4v) is 6.96. The number of aliphatic hydroxyl groups excluding tert-OH is 1. The zero-order valence-electron chi connectivity index (χ0n) is 21.1. The maximum atomic E-state index is 14.0. The molecular weight excluding hydrogens is 501 g/mol. The first kappa shape index (κ1) is 25.8. The largest absolute Gasteiger partial charge is 0.391 e. The summed E-state index contributed by atoms with van der Waals surface area (Å²) in [4.78, 5) is 28.7. The Balaban J connectivity index is 1.39. The van der Waals surface area contributed by atoms with Crippen LogP contribution in [0.5, 0.6) is 0 Å². The molecule has 3 aliphatic rings. The number of fused-ring (bicyclic) bond motifs is 1. The van der Waals surface area contributed by atoms with Gasteiger partial charge in [0, 0.05) is 25.1 Å². The summed E-state index contributed by atoms with van der Waals surface area (Å²) < 4.78 is 40.5. The van der Waals surface area contributed by atoms with Crippen molar-refractivity contribution in [2.75, 3.05) is 12.3 Å². The number of nitrogens with zero attached hydrogens (tertiary/aromatic N) is 4. The number of sulfone groups is 1. The number of aromatic nitrogens is 3. The lowest BCUT2D eigenvalue weighted by atomic mass is 9.85. The van der Waals surface area contributed by atoms with Gasteiger partial charge in [0.1, 0.15) is 17.9 Å². The van der Waals surface area contributed by atoms with Crippen molar-refractivity contribution >= 4 is 21.7 Å². The standard InChI is InChI=1S/C25H32FN5O5S/c1-25(2,3)22(31-13-19(28-29-31)14-4-5-14)24(34)30-12-16(32)11-20(30)23(33)27-18-8-9-37(35,36)21-7-6-15(26)10-17(18)21/h6-7,10,13-14,16,18,20,22,32H,4-5,8-9,11-12H2,1-3H3,(H,27,33)/t16-,18?,20+,22-/m1/s1. The molecule has 200 valence electrons. The fourth-order valence-electron chi connectivity index (χ4n) is 5.36. The van der Waals surface area contributed by atoms with Gasteiger partial charge in [-0.25, -0.2) is 17.5 Å². The van der Waals surface area contributed by atoms with Gasteiger partial charge in [0.15, 0.2) is 9.84 Å². The Labute approximate surface area is 215 Å². The van der Waals surface area contributed by atoms with E-state index in [2.05, 4.69) is 15.6 Å². The molecule has 3 heterocycles. The van der Waals surface area contributed by atoms with Gasteiger partial charge in [-0.3, -0.25) is 9.59 Å². The highest BCUT2D eigenvalue weighted by atomic mass is 32.2. The van der Waals surface area contributed by atoms with E-state index in [0.717, 1.165) is 30.7 Å². The highest BCUT2D eigenvalue weighted by molar-refractivity contribution is 7.91. The third-order valence-electron chi connectivity index (χ3n) is 7.38. The molecule has 2 fully saturated rings. The number of hydrogen-bond acceptors (Lipinski definition) is 7. The molecule has 37 heavy (non-hydrogen) atoms. The molecular formula is C25H32FN5O5S. The van der Waals surface area contributed by atoms with Crippen LogP contribution in [0.15, 0.2) is 29.3 Å². The van der Waals surface area contributed by atoms with Gasteiger partial charge >= 0.3 is 0 Å². The minimum Gasteiger partial charge on any atom is -0.391 e. The van der Waals surface area contributed by atoms with Crippen molar-refractivity contribution < 1.29 is 27.5 Å². The van der Waals surface area contributed by atoms with Crippen molar-refractivity contribution in [3.8, 4) is 0 Å². The van der Waals surface area contributed by atoms with Crippen LogP contribution in [-0.4, -0.2) is 69.7 Å². The highest BCUT2D eigenvalue weighted by Crippen LogP contribution is 2.40. The van der Waals surface area contributed by atoms with Crippen molar-refractivity contribution in [2.45, 2.75) is 81.5 Å². The molecule has 1 aromatic heterocycles. The quantitative estimate of drug-likeness (QED) is 0.561. The average Bonchev–Trinajstić information content (AvgIpc) is 3.41. The Morgan fingerprint density at radius 1 is 1.22 bits per heavy atom. The molecule has 2 N–H and O–H groups in total. The number of carbonyl (C=O) groups is 2. The van der Waals surface area contributed by atoms with Crippen molar-refractivity contribution in [3.05, 3.63) is 41.5 Å². The molecule has 1 saturated carbocycles. The lowest BCUT2D eigenvalue weighted by Crippen LogP contribution is -2.51. The SMILES string of the molecule is CC(C)(C)[C@@H](C(=O)N1C[C@H](O)C[C@H]1C(=O)NC1CCS(=O)(=O)c2ccc(F)cc21)n1cc(C2CC2)nn1. The summed E-state index contributed by atoms with van der Waals surface area (Å²) in [5, 5.41) is 21.7. The number of β-amino-alcohol motifs (C(OH)–C–C–N with tert-alkyl or cyclic N) is 1. The van der Waals surface area contributed by atoms with E-state index in [1.54, 1.807) is 10.9 Å². The summed E-state index contributed by atoms with van der Waals surface area (Å²) in [6.45, 7) is 5.70. The van der Waals surface area contributed by atoms with Crippen LogP contribution in [-0.2, 0) is 19.4 Å². The van der Waals surface area contributed by atoms with Gasteiger partial charge in [-0.2, -0.15) is 0 Å².